The molecule has 0 aromatic heterocycles. The van der Waals surface area contributed by atoms with Crippen LogP contribution in [0.2, 0.25) is 0 Å². The highest BCUT2D eigenvalue weighted by atomic mass is 16.5. The number of amides is 1. The van der Waals surface area contributed by atoms with Crippen molar-refractivity contribution in [1.82, 2.24) is 5.32 Å². The van der Waals surface area contributed by atoms with Crippen molar-refractivity contribution in [1.29, 1.82) is 0 Å². The quantitative estimate of drug-likeness (QED) is 0.425. The van der Waals surface area contributed by atoms with Gasteiger partial charge in [0.1, 0.15) is 12.6 Å². The molecule has 1 atom stereocenters. The average molecular weight is 391 g/mol. The van der Waals surface area contributed by atoms with Gasteiger partial charge in [0.05, 0.1) is 0 Å². The van der Waals surface area contributed by atoms with E-state index in [9.17, 15) is 19.8 Å². The number of benzene rings is 3. The number of phenols is 2. The minimum absolute atomic E-state index is 0.0816. The van der Waals surface area contributed by atoms with Gasteiger partial charge >= 0.3 is 5.97 Å². The summed E-state index contributed by atoms with van der Waals surface area (Å²) in [6.45, 7) is 0.0816. The molecule has 3 aromatic carbocycles. The molecule has 0 bridgehead atoms. The van der Waals surface area contributed by atoms with Gasteiger partial charge in [0, 0.05) is 12.0 Å². The number of carbonyl (C=O) groups is 2. The van der Waals surface area contributed by atoms with Gasteiger partial charge in [-0.05, 0) is 35.4 Å². The van der Waals surface area contributed by atoms with Crippen molar-refractivity contribution in [2.45, 2.75) is 19.1 Å². The van der Waals surface area contributed by atoms with E-state index in [2.05, 4.69) is 5.32 Å². The molecular formula is C23H21NO5. The predicted octanol–water partition coefficient (Wildman–Crippen LogP) is 3.18. The minimum atomic E-state index is -0.963. The molecule has 3 rings (SSSR count). The number of ether oxygens (including phenoxy) is 1. The number of phenolic OH excluding ortho intramolecular Hbond substituents is 2. The Morgan fingerprint density at radius 3 is 2.14 bits per heavy atom. The standard InChI is InChI=1S/C23H21NO5/c25-20-12-11-17(14-21(20)26)13-19(24-22(27)18-9-5-2-6-10-18)23(28)29-15-16-7-3-1-4-8-16/h1-12,14,19,25-26H,13,15H2,(H,24,27)/t19-/m0/s1. The van der Waals surface area contributed by atoms with E-state index in [1.807, 2.05) is 30.3 Å². The summed E-state index contributed by atoms with van der Waals surface area (Å²) in [5.74, 6) is -1.56. The van der Waals surface area contributed by atoms with Crippen LogP contribution >= 0.6 is 0 Å². The van der Waals surface area contributed by atoms with Gasteiger partial charge in [-0.2, -0.15) is 0 Å². The maximum absolute atomic E-state index is 12.7. The Kier molecular flexibility index (Phi) is 6.47. The van der Waals surface area contributed by atoms with Crippen LogP contribution in [0.1, 0.15) is 21.5 Å². The molecule has 0 heterocycles. The Morgan fingerprint density at radius 2 is 1.48 bits per heavy atom. The zero-order chi connectivity index (χ0) is 20.6. The van der Waals surface area contributed by atoms with Gasteiger partial charge in [0.25, 0.3) is 5.91 Å². The molecule has 0 saturated heterocycles. The Balaban J connectivity index is 1.75. The molecule has 0 spiro atoms. The first-order valence-electron chi connectivity index (χ1n) is 9.10. The normalized spacial score (nSPS) is 11.4. The number of esters is 1. The molecule has 0 aliphatic heterocycles. The number of nitrogens with one attached hydrogen (secondary N) is 1. The minimum Gasteiger partial charge on any atom is -0.504 e. The van der Waals surface area contributed by atoms with Gasteiger partial charge in [-0.1, -0.05) is 54.6 Å². The third-order valence-electron chi connectivity index (χ3n) is 4.33. The highest BCUT2D eigenvalue weighted by Crippen LogP contribution is 2.25. The van der Waals surface area contributed by atoms with Crippen LogP contribution in [-0.2, 0) is 22.6 Å². The number of aromatic hydroxyl groups is 2. The monoisotopic (exact) mass is 391 g/mol. The summed E-state index contributed by atoms with van der Waals surface area (Å²) in [6, 6.07) is 21.1. The lowest BCUT2D eigenvalue weighted by atomic mass is 10.0. The summed E-state index contributed by atoms with van der Waals surface area (Å²) in [6.07, 6.45) is 0.0973. The average Bonchev–Trinajstić information content (AvgIpc) is 2.75. The van der Waals surface area contributed by atoms with Crippen molar-refractivity contribution in [3.8, 4) is 11.5 Å². The van der Waals surface area contributed by atoms with Gasteiger partial charge in [-0.15, -0.1) is 0 Å². The summed E-state index contributed by atoms with van der Waals surface area (Å²) >= 11 is 0. The third kappa shape index (κ3) is 5.59. The van der Waals surface area contributed by atoms with Crippen LogP contribution < -0.4 is 5.32 Å². The number of carbonyl (C=O) groups excluding carboxylic acids is 2. The first-order valence-corrected chi connectivity index (χ1v) is 9.10. The molecule has 6 heteroatoms. The topological polar surface area (TPSA) is 95.9 Å². The van der Waals surface area contributed by atoms with Crippen molar-refractivity contribution < 1.29 is 24.5 Å². The Bertz CT molecular complexity index is 973. The SMILES string of the molecule is O=C(N[C@@H](Cc1ccc(O)c(O)c1)C(=O)OCc1ccccc1)c1ccccc1. The van der Waals surface area contributed by atoms with E-state index >= 15 is 0 Å². The first kappa shape index (κ1) is 19.9. The third-order valence-corrected chi connectivity index (χ3v) is 4.33. The predicted molar refractivity (Wildman–Crippen MR) is 107 cm³/mol. The fourth-order valence-electron chi connectivity index (χ4n) is 2.79. The molecule has 0 aliphatic rings. The Morgan fingerprint density at radius 1 is 0.828 bits per heavy atom. The van der Waals surface area contributed by atoms with E-state index in [0.717, 1.165) is 5.56 Å². The zero-order valence-electron chi connectivity index (χ0n) is 15.6. The molecule has 6 nitrogen and oxygen atoms in total. The van der Waals surface area contributed by atoms with Crippen molar-refractivity contribution in [2.75, 3.05) is 0 Å². The van der Waals surface area contributed by atoms with E-state index < -0.39 is 17.9 Å². The van der Waals surface area contributed by atoms with Crippen LogP contribution in [0.3, 0.4) is 0 Å². The maximum Gasteiger partial charge on any atom is 0.329 e. The van der Waals surface area contributed by atoms with Gasteiger partial charge in [-0.3, -0.25) is 4.79 Å². The molecule has 3 N–H and O–H groups in total. The summed E-state index contributed by atoms with van der Waals surface area (Å²) in [5, 5.41) is 21.9. The lowest BCUT2D eigenvalue weighted by Crippen LogP contribution is -2.43. The van der Waals surface area contributed by atoms with Crippen molar-refractivity contribution in [3.05, 3.63) is 95.6 Å². The number of rotatable bonds is 7. The Labute approximate surface area is 168 Å². The van der Waals surface area contributed by atoms with E-state index in [-0.39, 0.29) is 24.5 Å². The molecule has 3 aromatic rings. The van der Waals surface area contributed by atoms with Gasteiger partial charge in [0.15, 0.2) is 11.5 Å². The van der Waals surface area contributed by atoms with Crippen molar-refractivity contribution >= 4 is 11.9 Å². The lowest BCUT2D eigenvalue weighted by molar-refractivity contribution is -0.147. The molecule has 0 aliphatic carbocycles. The van der Waals surface area contributed by atoms with Crippen LogP contribution in [0.25, 0.3) is 0 Å². The molecule has 0 radical (unpaired) electrons. The van der Waals surface area contributed by atoms with E-state index in [1.165, 1.54) is 12.1 Å². The number of hydrogen-bond donors (Lipinski definition) is 3. The van der Waals surface area contributed by atoms with Gasteiger partial charge in [0.2, 0.25) is 0 Å². The largest absolute Gasteiger partial charge is 0.504 e. The summed E-state index contributed by atoms with van der Waals surface area (Å²) in [7, 11) is 0. The smallest absolute Gasteiger partial charge is 0.329 e. The highest BCUT2D eigenvalue weighted by molar-refractivity contribution is 5.96. The molecular weight excluding hydrogens is 370 g/mol. The van der Waals surface area contributed by atoms with E-state index in [0.29, 0.717) is 11.1 Å². The highest BCUT2D eigenvalue weighted by Gasteiger charge is 2.24. The fraction of sp³-hybridized carbons (Fsp3) is 0.130. The first-order chi connectivity index (χ1) is 14.0. The molecule has 148 valence electrons. The zero-order valence-corrected chi connectivity index (χ0v) is 15.6. The van der Waals surface area contributed by atoms with E-state index in [1.54, 1.807) is 36.4 Å². The summed E-state index contributed by atoms with van der Waals surface area (Å²) < 4.78 is 5.39. The van der Waals surface area contributed by atoms with Gasteiger partial charge < -0.3 is 20.3 Å². The van der Waals surface area contributed by atoms with Crippen molar-refractivity contribution in [3.63, 3.8) is 0 Å². The molecule has 0 saturated carbocycles. The molecule has 0 fully saturated rings. The molecule has 29 heavy (non-hydrogen) atoms. The fourth-order valence-corrected chi connectivity index (χ4v) is 2.79. The lowest BCUT2D eigenvalue weighted by Gasteiger charge is -2.18. The van der Waals surface area contributed by atoms with Crippen LogP contribution in [0.4, 0.5) is 0 Å². The second kappa shape index (κ2) is 9.41. The number of hydrogen-bond acceptors (Lipinski definition) is 5. The maximum atomic E-state index is 12.7. The van der Waals surface area contributed by atoms with Crippen molar-refractivity contribution in [2.24, 2.45) is 0 Å². The Hall–Kier alpha value is -3.80. The second-order valence-corrected chi connectivity index (χ2v) is 6.51. The molecule has 0 unspecified atom stereocenters. The van der Waals surface area contributed by atoms with Gasteiger partial charge in [-0.25, -0.2) is 4.79 Å². The van der Waals surface area contributed by atoms with Crippen LogP contribution in [0.15, 0.2) is 78.9 Å². The summed E-state index contributed by atoms with van der Waals surface area (Å²) in [5.41, 5.74) is 1.81. The molecule has 1 amide bonds. The van der Waals surface area contributed by atoms with E-state index in [4.69, 9.17) is 4.74 Å². The summed E-state index contributed by atoms with van der Waals surface area (Å²) in [4.78, 5) is 25.2. The second-order valence-electron chi connectivity index (χ2n) is 6.51. The van der Waals surface area contributed by atoms with Crippen LogP contribution in [-0.4, -0.2) is 28.1 Å². The van der Waals surface area contributed by atoms with Crippen LogP contribution in [0.5, 0.6) is 11.5 Å². The van der Waals surface area contributed by atoms with Crippen LogP contribution in [0, 0.1) is 0 Å².